The van der Waals surface area contributed by atoms with Crippen molar-refractivity contribution >= 4 is 12.0 Å². The van der Waals surface area contributed by atoms with Crippen molar-refractivity contribution in [3.05, 3.63) is 34.9 Å². The van der Waals surface area contributed by atoms with Gasteiger partial charge in [-0.05, 0) is 36.8 Å². The molecule has 1 aromatic carbocycles. The molecule has 1 aromatic rings. The van der Waals surface area contributed by atoms with Crippen molar-refractivity contribution in [2.75, 3.05) is 19.7 Å². The molecular formula is C18H24N2O3. The molecule has 0 bridgehead atoms. The second kappa shape index (κ2) is 6.60. The maximum atomic E-state index is 12.2. The lowest BCUT2D eigenvalue weighted by Gasteiger charge is -2.19. The van der Waals surface area contributed by atoms with Crippen LogP contribution in [0.3, 0.4) is 0 Å². The molecule has 2 amide bonds. The molecule has 1 aliphatic heterocycles. The smallest absolute Gasteiger partial charge is 0.409 e. The van der Waals surface area contributed by atoms with Crippen molar-refractivity contribution in [1.29, 1.82) is 0 Å². The molecule has 1 aliphatic carbocycles. The fraction of sp³-hybridized carbons (Fsp3) is 0.556. The van der Waals surface area contributed by atoms with Crippen LogP contribution < -0.4 is 5.32 Å². The Morgan fingerprint density at radius 2 is 2.26 bits per heavy atom. The molecule has 0 radical (unpaired) electrons. The van der Waals surface area contributed by atoms with E-state index in [1.165, 1.54) is 16.7 Å². The molecule has 124 valence electrons. The van der Waals surface area contributed by atoms with E-state index in [4.69, 9.17) is 4.74 Å². The Bertz CT molecular complexity index is 614. The lowest BCUT2D eigenvalue weighted by Crippen LogP contribution is -2.32. The standard InChI is InChI=1S/C18H24N2O3/c1-12-5-6-14-11-13(2)17(15(14)10-12)19-16(21)4-3-7-20-8-9-23-18(20)22/h5-6,10,13,17H,3-4,7-9,11H2,1-2H3,(H,19,21)/t13-,17-/m1/s1. The fourth-order valence-electron chi connectivity index (χ4n) is 3.49. The zero-order chi connectivity index (χ0) is 16.4. The van der Waals surface area contributed by atoms with Gasteiger partial charge >= 0.3 is 6.09 Å². The molecule has 5 heteroatoms. The molecule has 1 heterocycles. The number of aryl methyl sites for hydroxylation is 1. The maximum absolute atomic E-state index is 12.2. The summed E-state index contributed by atoms with van der Waals surface area (Å²) in [5.41, 5.74) is 3.83. The first-order valence-electron chi connectivity index (χ1n) is 8.35. The Hall–Kier alpha value is -2.04. The topological polar surface area (TPSA) is 58.6 Å². The molecule has 0 spiro atoms. The number of amides is 2. The number of carbonyl (C=O) groups excluding carboxylic acids is 2. The van der Waals surface area contributed by atoms with Crippen molar-refractivity contribution in [2.45, 2.75) is 39.2 Å². The van der Waals surface area contributed by atoms with Crippen molar-refractivity contribution in [3.63, 3.8) is 0 Å². The predicted molar refractivity (Wildman–Crippen MR) is 87.1 cm³/mol. The highest BCUT2D eigenvalue weighted by atomic mass is 16.6. The average Bonchev–Trinajstić information content (AvgIpc) is 3.04. The van der Waals surface area contributed by atoms with E-state index in [-0.39, 0.29) is 18.0 Å². The van der Waals surface area contributed by atoms with Gasteiger partial charge in [-0.2, -0.15) is 0 Å². The van der Waals surface area contributed by atoms with Crippen molar-refractivity contribution in [3.8, 4) is 0 Å². The zero-order valence-corrected chi connectivity index (χ0v) is 13.8. The van der Waals surface area contributed by atoms with Gasteiger partial charge in [0.1, 0.15) is 6.61 Å². The Balaban J connectivity index is 1.52. The van der Waals surface area contributed by atoms with E-state index < -0.39 is 0 Å². The highest BCUT2D eigenvalue weighted by molar-refractivity contribution is 5.77. The Morgan fingerprint density at radius 1 is 1.43 bits per heavy atom. The molecule has 5 nitrogen and oxygen atoms in total. The lowest BCUT2D eigenvalue weighted by atomic mass is 10.0. The minimum absolute atomic E-state index is 0.0590. The molecule has 0 unspecified atom stereocenters. The van der Waals surface area contributed by atoms with Crippen LogP contribution in [0, 0.1) is 12.8 Å². The SMILES string of the molecule is Cc1ccc2c(c1)[C@H](NC(=O)CCCN1CCOC1=O)[C@H](C)C2. The minimum atomic E-state index is -0.265. The summed E-state index contributed by atoms with van der Waals surface area (Å²) < 4.78 is 4.88. The van der Waals surface area contributed by atoms with Gasteiger partial charge < -0.3 is 15.0 Å². The number of hydrogen-bond acceptors (Lipinski definition) is 3. The summed E-state index contributed by atoms with van der Waals surface area (Å²) in [5, 5.41) is 3.18. The number of carbonyl (C=O) groups is 2. The molecule has 0 saturated carbocycles. The van der Waals surface area contributed by atoms with E-state index in [9.17, 15) is 9.59 Å². The molecular weight excluding hydrogens is 292 g/mol. The first-order valence-corrected chi connectivity index (χ1v) is 8.35. The second-order valence-electron chi connectivity index (χ2n) is 6.63. The molecule has 3 rings (SSSR count). The van der Waals surface area contributed by atoms with Gasteiger partial charge in [0.2, 0.25) is 5.91 Å². The number of nitrogens with zero attached hydrogens (tertiary/aromatic N) is 1. The average molecular weight is 316 g/mol. The van der Waals surface area contributed by atoms with Crippen LogP contribution in [-0.2, 0) is 16.0 Å². The van der Waals surface area contributed by atoms with Gasteiger partial charge in [-0.1, -0.05) is 30.7 Å². The van der Waals surface area contributed by atoms with Gasteiger partial charge in [-0.25, -0.2) is 4.79 Å². The zero-order valence-electron chi connectivity index (χ0n) is 13.8. The third-order valence-corrected chi connectivity index (χ3v) is 4.74. The monoisotopic (exact) mass is 316 g/mol. The van der Waals surface area contributed by atoms with E-state index in [0.29, 0.717) is 38.5 Å². The number of hydrogen-bond donors (Lipinski definition) is 1. The number of nitrogens with one attached hydrogen (secondary N) is 1. The summed E-state index contributed by atoms with van der Waals surface area (Å²) >= 11 is 0. The molecule has 23 heavy (non-hydrogen) atoms. The molecule has 2 atom stereocenters. The summed E-state index contributed by atoms with van der Waals surface area (Å²) in [7, 11) is 0. The van der Waals surface area contributed by atoms with E-state index in [1.807, 2.05) is 0 Å². The van der Waals surface area contributed by atoms with E-state index in [0.717, 1.165) is 6.42 Å². The van der Waals surface area contributed by atoms with Gasteiger partial charge in [-0.15, -0.1) is 0 Å². The summed E-state index contributed by atoms with van der Waals surface area (Å²) in [6, 6.07) is 6.59. The van der Waals surface area contributed by atoms with Crippen LogP contribution in [0.2, 0.25) is 0 Å². The largest absolute Gasteiger partial charge is 0.448 e. The Kier molecular flexibility index (Phi) is 4.55. The molecule has 2 aliphatic rings. The van der Waals surface area contributed by atoms with E-state index in [1.54, 1.807) is 4.90 Å². The summed E-state index contributed by atoms with van der Waals surface area (Å²) in [6.45, 7) is 5.94. The van der Waals surface area contributed by atoms with Gasteiger partial charge in [0, 0.05) is 13.0 Å². The molecule has 1 saturated heterocycles. The first kappa shape index (κ1) is 15.8. The number of rotatable bonds is 5. The maximum Gasteiger partial charge on any atom is 0.409 e. The third-order valence-electron chi connectivity index (χ3n) is 4.74. The second-order valence-corrected chi connectivity index (χ2v) is 6.63. The van der Waals surface area contributed by atoms with E-state index in [2.05, 4.69) is 37.4 Å². The normalized spacial score (nSPS) is 22.9. The number of benzene rings is 1. The Labute approximate surface area is 137 Å². The quantitative estimate of drug-likeness (QED) is 0.908. The summed E-state index contributed by atoms with van der Waals surface area (Å²) in [4.78, 5) is 25.2. The first-order chi connectivity index (χ1) is 11.0. The summed E-state index contributed by atoms with van der Waals surface area (Å²) in [6.07, 6.45) is 1.86. The van der Waals surface area contributed by atoms with Crippen LogP contribution in [-0.4, -0.2) is 36.6 Å². The van der Waals surface area contributed by atoms with Crippen LogP contribution in [0.4, 0.5) is 4.79 Å². The lowest BCUT2D eigenvalue weighted by molar-refractivity contribution is -0.122. The molecule has 1 N–H and O–H groups in total. The van der Waals surface area contributed by atoms with Crippen molar-refractivity contribution in [1.82, 2.24) is 10.2 Å². The third kappa shape index (κ3) is 3.49. The predicted octanol–water partition coefficient (Wildman–Crippen LogP) is 2.58. The summed E-state index contributed by atoms with van der Waals surface area (Å²) in [5.74, 6) is 0.480. The number of fused-ring (bicyclic) bond motifs is 1. The molecule has 0 aromatic heterocycles. The van der Waals surface area contributed by atoms with Crippen LogP contribution in [0.5, 0.6) is 0 Å². The van der Waals surface area contributed by atoms with E-state index >= 15 is 0 Å². The fourth-order valence-corrected chi connectivity index (χ4v) is 3.49. The van der Waals surface area contributed by atoms with Crippen LogP contribution >= 0.6 is 0 Å². The minimum Gasteiger partial charge on any atom is -0.448 e. The van der Waals surface area contributed by atoms with Gasteiger partial charge in [0.25, 0.3) is 0 Å². The Morgan fingerprint density at radius 3 is 3.00 bits per heavy atom. The van der Waals surface area contributed by atoms with Gasteiger partial charge in [-0.3, -0.25) is 4.79 Å². The van der Waals surface area contributed by atoms with Crippen molar-refractivity contribution < 1.29 is 14.3 Å². The van der Waals surface area contributed by atoms with Crippen LogP contribution in [0.1, 0.15) is 42.5 Å². The molecule has 1 fully saturated rings. The van der Waals surface area contributed by atoms with Crippen LogP contribution in [0.15, 0.2) is 18.2 Å². The van der Waals surface area contributed by atoms with Gasteiger partial charge in [0.15, 0.2) is 0 Å². The van der Waals surface area contributed by atoms with Gasteiger partial charge in [0.05, 0.1) is 12.6 Å². The highest BCUT2D eigenvalue weighted by Crippen LogP contribution is 2.36. The van der Waals surface area contributed by atoms with Crippen LogP contribution in [0.25, 0.3) is 0 Å². The highest BCUT2D eigenvalue weighted by Gasteiger charge is 2.30. The van der Waals surface area contributed by atoms with Crippen molar-refractivity contribution in [2.24, 2.45) is 5.92 Å². The number of ether oxygens (including phenoxy) is 1. The number of cyclic esters (lactones) is 1.